The molecule has 4 aromatic rings. The van der Waals surface area contributed by atoms with Crippen molar-refractivity contribution in [1.29, 1.82) is 0 Å². The highest BCUT2D eigenvalue weighted by molar-refractivity contribution is 6.10. The van der Waals surface area contributed by atoms with Crippen LogP contribution in [0.5, 0.6) is 5.88 Å². The number of nitrogen functional groups attached to an aromatic ring is 1. The van der Waals surface area contributed by atoms with Crippen LogP contribution < -0.4 is 21.1 Å². The van der Waals surface area contributed by atoms with Crippen molar-refractivity contribution < 1.29 is 29.0 Å². The first-order valence-corrected chi connectivity index (χ1v) is 13.8. The molecule has 2 aromatic heterocycles. The predicted molar refractivity (Wildman–Crippen MR) is 163 cm³/mol. The molecule has 0 saturated carbocycles. The van der Waals surface area contributed by atoms with Crippen LogP contribution in [0.25, 0.3) is 22.2 Å². The van der Waals surface area contributed by atoms with E-state index in [1.165, 1.54) is 13.2 Å². The van der Waals surface area contributed by atoms with Crippen LogP contribution in [0.1, 0.15) is 65.3 Å². The number of aliphatic hydroxyl groups excluding tert-OH is 1. The van der Waals surface area contributed by atoms with Gasteiger partial charge in [0.1, 0.15) is 5.69 Å². The van der Waals surface area contributed by atoms with Gasteiger partial charge in [0.25, 0.3) is 11.8 Å². The number of carbonyl (C=O) groups excluding carboxylic acids is 3. The molecule has 2 heterocycles. The van der Waals surface area contributed by atoms with Crippen molar-refractivity contribution in [2.45, 2.75) is 40.2 Å². The molecule has 0 aliphatic rings. The fourth-order valence-corrected chi connectivity index (χ4v) is 4.38. The normalized spacial score (nSPS) is 12.0. The number of nitrogens with one attached hydrogen (secondary N) is 3. The molecular weight excluding hydrogens is 552 g/mol. The first-order valence-electron chi connectivity index (χ1n) is 13.8. The number of ether oxygens (including phenoxy) is 2. The number of methoxy groups -OCH3 is 1. The smallest absolute Gasteiger partial charge is 0.338 e. The van der Waals surface area contributed by atoms with Crippen LogP contribution in [-0.4, -0.2) is 64.2 Å². The molecule has 12 heteroatoms. The molecule has 0 saturated heterocycles. The van der Waals surface area contributed by atoms with Crippen LogP contribution in [0.3, 0.4) is 0 Å². The van der Waals surface area contributed by atoms with E-state index in [-0.39, 0.29) is 41.9 Å². The maximum atomic E-state index is 13.6. The maximum Gasteiger partial charge on any atom is 0.338 e. The van der Waals surface area contributed by atoms with Gasteiger partial charge in [0.2, 0.25) is 5.88 Å². The highest BCUT2D eigenvalue weighted by Gasteiger charge is 2.27. The van der Waals surface area contributed by atoms with Crippen LogP contribution >= 0.6 is 0 Å². The lowest BCUT2D eigenvalue weighted by Gasteiger charge is -2.29. The molecule has 2 aromatic carbocycles. The Balaban J connectivity index is 1.76. The second-order valence-corrected chi connectivity index (χ2v) is 11.0. The van der Waals surface area contributed by atoms with Crippen molar-refractivity contribution in [1.82, 2.24) is 20.3 Å². The van der Waals surface area contributed by atoms with Crippen LogP contribution in [0.2, 0.25) is 0 Å². The van der Waals surface area contributed by atoms with Gasteiger partial charge in [-0.3, -0.25) is 9.59 Å². The highest BCUT2D eigenvalue weighted by atomic mass is 16.5. The van der Waals surface area contributed by atoms with Gasteiger partial charge in [-0.15, -0.1) is 0 Å². The number of pyridine rings is 1. The predicted octanol–water partition coefficient (Wildman–Crippen LogP) is 4.17. The molecule has 12 nitrogen and oxygen atoms in total. The minimum atomic E-state index is -0.662. The summed E-state index contributed by atoms with van der Waals surface area (Å²) in [7, 11) is 1.43. The van der Waals surface area contributed by atoms with Gasteiger partial charge in [-0.25, -0.2) is 14.8 Å². The summed E-state index contributed by atoms with van der Waals surface area (Å²) in [5, 5.41) is 15.5. The Morgan fingerprint density at radius 3 is 2.44 bits per heavy atom. The Bertz CT molecular complexity index is 1660. The Labute approximate surface area is 249 Å². The average Bonchev–Trinajstić information content (AvgIpc) is 3.36. The van der Waals surface area contributed by atoms with E-state index in [1.807, 2.05) is 27.7 Å². The number of hydrogen-bond donors (Lipinski definition) is 5. The van der Waals surface area contributed by atoms with E-state index in [0.717, 1.165) is 0 Å². The largest absolute Gasteiger partial charge is 0.481 e. The lowest BCUT2D eigenvalue weighted by atomic mass is 9.87. The van der Waals surface area contributed by atoms with E-state index in [0.29, 0.717) is 34.3 Å². The van der Waals surface area contributed by atoms with Gasteiger partial charge >= 0.3 is 5.97 Å². The number of anilines is 2. The number of aliphatic hydroxyl groups is 1. The number of aromatic amines is 1. The molecule has 0 aliphatic heterocycles. The maximum absolute atomic E-state index is 13.6. The van der Waals surface area contributed by atoms with Gasteiger partial charge < -0.3 is 35.9 Å². The number of imidazole rings is 1. The van der Waals surface area contributed by atoms with Crippen molar-refractivity contribution in [3.8, 4) is 17.0 Å². The van der Waals surface area contributed by atoms with Crippen molar-refractivity contribution in [3.63, 3.8) is 0 Å². The number of benzene rings is 2. The van der Waals surface area contributed by atoms with Crippen LogP contribution in [0, 0.1) is 5.41 Å². The molecule has 2 amide bonds. The SMILES string of the molecule is CCCOC(=O)c1cc(C(=O)N[C@H](CO)C(C)(C)C)ccc1-c1ccc(OC)nc1C(=O)Nc1ccc2nc(N)[nH]c2c1. The molecule has 6 N–H and O–H groups in total. The van der Waals surface area contributed by atoms with E-state index >= 15 is 0 Å². The minimum absolute atomic E-state index is 0.0154. The number of H-pyrrole nitrogens is 1. The third kappa shape index (κ3) is 7.09. The molecule has 0 spiro atoms. The monoisotopic (exact) mass is 588 g/mol. The second kappa shape index (κ2) is 12.9. The van der Waals surface area contributed by atoms with Crippen LogP contribution in [0.4, 0.5) is 11.6 Å². The molecule has 4 rings (SSSR count). The van der Waals surface area contributed by atoms with Gasteiger partial charge in [-0.1, -0.05) is 33.8 Å². The molecule has 43 heavy (non-hydrogen) atoms. The number of carbonyl (C=O) groups is 3. The van der Waals surface area contributed by atoms with Crippen molar-refractivity contribution in [3.05, 3.63) is 65.4 Å². The zero-order valence-corrected chi connectivity index (χ0v) is 24.8. The van der Waals surface area contributed by atoms with E-state index in [9.17, 15) is 19.5 Å². The summed E-state index contributed by atoms with van der Waals surface area (Å²) in [6.45, 7) is 7.48. The van der Waals surface area contributed by atoms with Crippen LogP contribution in [0.15, 0.2) is 48.5 Å². The van der Waals surface area contributed by atoms with Crippen LogP contribution in [-0.2, 0) is 4.74 Å². The summed E-state index contributed by atoms with van der Waals surface area (Å²) in [5.74, 6) is -1.25. The fourth-order valence-electron chi connectivity index (χ4n) is 4.38. The number of esters is 1. The lowest BCUT2D eigenvalue weighted by molar-refractivity contribution is 0.0505. The van der Waals surface area contributed by atoms with Gasteiger partial charge in [0.05, 0.1) is 43.0 Å². The average molecular weight is 589 g/mol. The number of aromatic nitrogens is 3. The fraction of sp³-hybridized carbons (Fsp3) is 0.323. The molecule has 0 fully saturated rings. The summed E-state index contributed by atoms with van der Waals surface area (Å²) in [5.41, 5.74) is 7.99. The summed E-state index contributed by atoms with van der Waals surface area (Å²) in [6.07, 6.45) is 0.592. The number of nitrogens with zero attached hydrogens (tertiary/aromatic N) is 2. The molecule has 0 unspecified atom stereocenters. The number of amides is 2. The lowest BCUT2D eigenvalue weighted by Crippen LogP contribution is -2.46. The topological polar surface area (TPSA) is 182 Å². The first kappa shape index (κ1) is 31.0. The second-order valence-electron chi connectivity index (χ2n) is 11.0. The zero-order chi connectivity index (χ0) is 31.3. The third-order valence-electron chi connectivity index (χ3n) is 6.81. The van der Waals surface area contributed by atoms with E-state index in [1.54, 1.807) is 42.5 Å². The van der Waals surface area contributed by atoms with Gasteiger partial charge in [-0.05, 0) is 53.8 Å². The number of fused-ring (bicyclic) bond motifs is 1. The summed E-state index contributed by atoms with van der Waals surface area (Å²) in [6, 6.07) is 12.3. The molecule has 0 bridgehead atoms. The Kier molecular flexibility index (Phi) is 9.30. The Morgan fingerprint density at radius 2 is 1.77 bits per heavy atom. The zero-order valence-electron chi connectivity index (χ0n) is 24.8. The highest BCUT2D eigenvalue weighted by Crippen LogP contribution is 2.31. The summed E-state index contributed by atoms with van der Waals surface area (Å²) in [4.78, 5) is 51.5. The van der Waals surface area contributed by atoms with Gasteiger partial charge in [-0.2, -0.15) is 0 Å². The number of rotatable bonds is 10. The molecule has 226 valence electrons. The van der Waals surface area contributed by atoms with Crippen molar-refractivity contribution in [2.75, 3.05) is 31.4 Å². The van der Waals surface area contributed by atoms with E-state index < -0.39 is 29.2 Å². The minimum Gasteiger partial charge on any atom is -0.481 e. The Hall–Kier alpha value is -4.97. The first-order chi connectivity index (χ1) is 20.4. The number of hydrogen-bond acceptors (Lipinski definition) is 9. The molecule has 1 atom stereocenters. The molecular formula is C31H36N6O6. The number of nitrogens with two attached hydrogens (primary N) is 1. The molecule has 0 radical (unpaired) electrons. The van der Waals surface area contributed by atoms with Crippen molar-refractivity contribution >= 4 is 40.5 Å². The summed E-state index contributed by atoms with van der Waals surface area (Å²) >= 11 is 0. The Morgan fingerprint density at radius 1 is 1.02 bits per heavy atom. The van der Waals surface area contributed by atoms with Crippen molar-refractivity contribution in [2.24, 2.45) is 5.41 Å². The third-order valence-corrected chi connectivity index (χ3v) is 6.81. The quantitative estimate of drug-likeness (QED) is 0.170. The van der Waals surface area contributed by atoms with E-state index in [4.69, 9.17) is 15.2 Å². The van der Waals surface area contributed by atoms with E-state index in [2.05, 4.69) is 25.6 Å². The molecule has 0 aliphatic carbocycles. The summed E-state index contributed by atoms with van der Waals surface area (Å²) < 4.78 is 10.7. The van der Waals surface area contributed by atoms with Gasteiger partial charge in [0.15, 0.2) is 5.95 Å². The standard InChI is InChI=1S/C31H36N6O6/c1-6-13-43-29(41)21-14-17(27(39)36-24(16-38)31(2,3)4)7-9-19(21)20-10-12-25(42-5)37-26(20)28(40)33-18-8-11-22-23(15-18)35-30(32)34-22/h7-12,14-15,24,38H,6,13,16H2,1-5H3,(H,33,40)(H,36,39)(H3,32,34,35)/t24-/m1/s1. The van der Waals surface area contributed by atoms with Gasteiger partial charge in [0, 0.05) is 22.9 Å².